The molecular weight excluding hydrogens is 979 g/mol. The van der Waals surface area contributed by atoms with E-state index in [-0.39, 0.29) is 27.1 Å². The Hall–Kier alpha value is -9.95. The van der Waals surface area contributed by atoms with E-state index in [0.29, 0.717) is 14.7 Å². The molecule has 0 bridgehead atoms. The summed E-state index contributed by atoms with van der Waals surface area (Å²) in [7, 11) is -6.27. The van der Waals surface area contributed by atoms with Crippen LogP contribution >= 0.6 is 0 Å². The Morgan fingerprint density at radius 3 is 1.65 bits per heavy atom. The van der Waals surface area contributed by atoms with Crippen molar-refractivity contribution in [1.82, 2.24) is 24.1 Å². The summed E-state index contributed by atoms with van der Waals surface area (Å²) in [5.74, 6) is -3.46. The predicted octanol–water partition coefficient (Wildman–Crippen LogP) is 15.0. The van der Waals surface area contributed by atoms with E-state index in [2.05, 4.69) is 0 Å². The number of rotatable bonds is 8. The van der Waals surface area contributed by atoms with Crippen molar-refractivity contribution in [2.24, 2.45) is 0 Å². The average molecular weight is 1060 g/mol. The first kappa shape index (κ1) is 22.9. The number of furan rings is 1. The van der Waals surface area contributed by atoms with Gasteiger partial charge in [0.05, 0.1) is 74.4 Å². The summed E-state index contributed by atoms with van der Waals surface area (Å²) < 4.78 is 332. The summed E-state index contributed by atoms with van der Waals surface area (Å²) in [5.41, 5.74) is -3.72. The zero-order chi connectivity index (χ0) is 82.0. The standard InChI is InChI=1S/C72H49N5OSi/c1-72(2)58-35-15-9-29-50(58)56-44-57-66(45-59(56)72)78-65-41-22-42-67(68(57)65)79(47-24-5-3-6-25-47,48-26-7-4-8-27-48)49-28-21-23-46(43-49)69-73-70(75-71(74-69)77-62-38-18-12-32-53(62)54-33-13-19-39-63(54)77)55-34-14-20-40-64(55)76-60-36-16-10-30-51(60)52-31-11-17-37-61(52)76/h3-45H,1-2H3/i3D,4D,5D,6D,7D,8D,10D,11D,12D,13D,14D,16D,17D,18D,19D,20D,21D,23D,24D,25D,26D,27D,28D,30D,31D,32D,33D,34D,36D,37D,38D,39D,40D,43D. The first-order valence-corrected chi connectivity index (χ1v) is 26.3. The second-order valence-electron chi connectivity index (χ2n) is 18.9. The molecule has 4 heterocycles. The van der Waals surface area contributed by atoms with Crippen LogP contribution in [0.4, 0.5) is 0 Å². The largest absolute Gasteiger partial charge is 0.456 e. The summed E-state index contributed by atoms with van der Waals surface area (Å²) in [6.07, 6.45) is 0. The fourth-order valence-corrected chi connectivity index (χ4v) is 15.3. The van der Waals surface area contributed by atoms with Gasteiger partial charge in [-0.15, -0.1) is 0 Å². The number of para-hydroxylation sites is 5. The van der Waals surface area contributed by atoms with Gasteiger partial charge < -0.3 is 8.98 Å². The van der Waals surface area contributed by atoms with Crippen molar-refractivity contribution in [1.29, 1.82) is 0 Å². The Kier molecular flexibility index (Phi) is 5.02. The fourth-order valence-electron chi connectivity index (χ4n) is 11.2. The second kappa shape index (κ2) is 17.3. The van der Waals surface area contributed by atoms with Gasteiger partial charge in [-0.3, -0.25) is 4.57 Å². The molecule has 6 nitrogen and oxygen atoms in total. The van der Waals surface area contributed by atoms with E-state index in [0.717, 1.165) is 16.7 Å². The molecule has 0 N–H and O–H groups in total. The molecule has 0 radical (unpaired) electrons. The Labute approximate surface area is 505 Å². The SMILES string of the molecule is [2H]c1c([2H])c([2H])c([Si](c2c([2H])c([2H])c([2H])c([2H])c2[2H])(c2c([2H])c([2H])c([2H])c(-c3nc(-c4c([2H])c([2H])c([2H])c([2H])c4-n4c5c([2H])c([2H])c([2H])c([2H])c5c5c([2H])c([2H])c([2H])c([2H])c54)nc(-n4c5c([2H])c([2H])c([2H])c([2H])c5c5c([2H])c([2H])c([2H])c([2H])c54)n3)c2[2H])c2cccc3oc4cc5c(cc4c23)-c2ccccc2C5(C)C)c([2H])c1[2H]. The van der Waals surface area contributed by atoms with E-state index in [1.165, 1.54) is 18.2 Å². The van der Waals surface area contributed by atoms with E-state index in [4.69, 9.17) is 33.1 Å². The molecule has 0 fully saturated rings. The van der Waals surface area contributed by atoms with Gasteiger partial charge in [-0.25, -0.2) is 4.98 Å². The van der Waals surface area contributed by atoms with Crippen LogP contribution in [-0.2, 0) is 5.41 Å². The van der Waals surface area contributed by atoms with Gasteiger partial charge in [-0.1, -0.05) is 219 Å². The topological polar surface area (TPSA) is 61.7 Å². The Morgan fingerprint density at radius 1 is 0.430 bits per heavy atom. The van der Waals surface area contributed by atoms with Crippen LogP contribution in [0.1, 0.15) is 71.6 Å². The summed E-state index contributed by atoms with van der Waals surface area (Å²) in [6.45, 7) is 3.96. The molecule has 15 aromatic rings. The van der Waals surface area contributed by atoms with Crippen molar-refractivity contribution >= 4 is 94.4 Å². The van der Waals surface area contributed by atoms with Crippen molar-refractivity contribution in [2.75, 3.05) is 0 Å². The van der Waals surface area contributed by atoms with Crippen LogP contribution < -0.4 is 20.7 Å². The maximum Gasteiger partial charge on any atom is 0.238 e. The zero-order valence-electron chi connectivity index (χ0n) is 74.8. The number of hydrogen-bond donors (Lipinski definition) is 0. The van der Waals surface area contributed by atoms with Crippen LogP contribution in [0.15, 0.2) is 264 Å². The van der Waals surface area contributed by atoms with Crippen LogP contribution in [0.25, 0.3) is 111 Å². The van der Waals surface area contributed by atoms with Crippen molar-refractivity contribution in [3.63, 3.8) is 0 Å². The lowest BCUT2D eigenvalue weighted by Gasteiger charge is -2.35. The van der Waals surface area contributed by atoms with E-state index in [1.807, 2.05) is 38.1 Å². The van der Waals surface area contributed by atoms with E-state index in [9.17, 15) is 32.9 Å². The second-order valence-corrected chi connectivity index (χ2v) is 22.5. The molecule has 16 rings (SSSR count). The molecule has 7 heteroatoms. The lowest BCUT2D eigenvalue weighted by atomic mass is 9.82. The monoisotopic (exact) mass is 1060 g/mol. The van der Waals surface area contributed by atoms with Crippen molar-refractivity contribution in [3.8, 4) is 45.5 Å². The van der Waals surface area contributed by atoms with E-state index < -0.39 is 313 Å². The van der Waals surface area contributed by atoms with Crippen LogP contribution in [-0.4, -0.2) is 32.2 Å². The highest BCUT2D eigenvalue weighted by atomic mass is 28.3. The molecule has 0 spiro atoms. The fraction of sp³-hybridized carbons (Fsp3) is 0.0417. The van der Waals surface area contributed by atoms with Gasteiger partial charge in [0.2, 0.25) is 5.95 Å². The van der Waals surface area contributed by atoms with E-state index in [1.54, 1.807) is 12.1 Å². The maximum absolute atomic E-state index is 11.2. The lowest BCUT2D eigenvalue weighted by molar-refractivity contribution is 0.647. The smallest absolute Gasteiger partial charge is 0.238 e. The molecular formula is C72H49N5OSi. The molecule has 0 aliphatic heterocycles. The minimum atomic E-state index is -6.27. The van der Waals surface area contributed by atoms with Crippen molar-refractivity contribution in [2.45, 2.75) is 19.3 Å². The summed E-state index contributed by atoms with van der Waals surface area (Å²) in [4.78, 5) is 14.3. The lowest BCUT2D eigenvalue weighted by Crippen LogP contribution is -2.74. The molecule has 1 aliphatic rings. The highest BCUT2D eigenvalue weighted by Crippen LogP contribution is 2.51. The maximum atomic E-state index is 11.2. The van der Waals surface area contributed by atoms with Crippen LogP contribution in [0, 0.1) is 0 Å². The molecule has 372 valence electrons. The van der Waals surface area contributed by atoms with Gasteiger partial charge in [0.15, 0.2) is 19.7 Å². The van der Waals surface area contributed by atoms with Gasteiger partial charge >= 0.3 is 0 Å². The van der Waals surface area contributed by atoms with Gasteiger partial charge in [0.1, 0.15) is 11.2 Å². The number of nitrogens with zero attached hydrogens (tertiary/aromatic N) is 5. The highest BCUT2D eigenvalue weighted by molar-refractivity contribution is 7.20. The first-order chi connectivity index (χ1) is 53.1. The van der Waals surface area contributed by atoms with E-state index >= 15 is 0 Å². The molecule has 79 heavy (non-hydrogen) atoms. The summed E-state index contributed by atoms with van der Waals surface area (Å²) in [6, 6.07) is -21.0. The number of hydrogen-bond acceptors (Lipinski definition) is 4. The van der Waals surface area contributed by atoms with Gasteiger partial charge in [-0.05, 0) is 97.5 Å². The summed E-state index contributed by atoms with van der Waals surface area (Å²) in [5, 5.41) is -5.47. The molecule has 11 aromatic carbocycles. The number of aromatic nitrogens is 5. The van der Waals surface area contributed by atoms with Crippen molar-refractivity contribution < 1.29 is 51.0 Å². The highest BCUT2D eigenvalue weighted by Gasteiger charge is 2.44. The third kappa shape index (κ3) is 6.60. The minimum absolute atomic E-state index is 0.0460. The zero-order valence-corrected chi connectivity index (χ0v) is 41.8. The summed E-state index contributed by atoms with van der Waals surface area (Å²) >= 11 is 0. The van der Waals surface area contributed by atoms with Crippen LogP contribution in [0.3, 0.4) is 0 Å². The van der Waals surface area contributed by atoms with Crippen LogP contribution in [0.5, 0.6) is 0 Å². The number of fused-ring (bicyclic) bond motifs is 12. The quantitative estimate of drug-likeness (QED) is 0.112. The van der Waals surface area contributed by atoms with Gasteiger partial charge in [0, 0.05) is 48.9 Å². The third-order valence-electron chi connectivity index (χ3n) is 14.6. The predicted molar refractivity (Wildman–Crippen MR) is 328 cm³/mol. The molecule has 0 amide bonds. The number of benzene rings is 11. The van der Waals surface area contributed by atoms with Gasteiger partial charge in [-0.2, -0.15) is 9.97 Å². The van der Waals surface area contributed by atoms with Crippen LogP contribution in [0.2, 0.25) is 0 Å². The molecule has 0 saturated carbocycles. The Bertz CT molecular complexity index is 6770. The third-order valence-corrected chi connectivity index (χ3v) is 18.8. The Morgan fingerprint density at radius 2 is 0.987 bits per heavy atom. The molecule has 0 unspecified atom stereocenters. The molecule has 0 atom stereocenters. The Balaban J connectivity index is 1.17. The first-order valence-electron chi connectivity index (χ1n) is 41.3. The molecule has 0 saturated heterocycles. The molecule has 4 aromatic heterocycles. The normalized spacial score (nSPS) is 19.1. The van der Waals surface area contributed by atoms with Crippen molar-refractivity contribution in [3.05, 3.63) is 271 Å². The minimum Gasteiger partial charge on any atom is -0.456 e. The average Bonchev–Trinajstić information content (AvgIpc) is 1.27. The molecule has 1 aliphatic carbocycles. The van der Waals surface area contributed by atoms with Gasteiger partial charge in [0.25, 0.3) is 0 Å².